The Labute approximate surface area is 320 Å². The molecule has 55 heavy (non-hydrogen) atoms. The summed E-state index contributed by atoms with van der Waals surface area (Å²) in [5.41, 5.74) is 5.26. The number of primary amides is 1. The molecule has 0 aliphatic carbocycles. The van der Waals surface area contributed by atoms with Crippen LogP contribution in [-0.4, -0.2) is 115 Å². The molecule has 1 aromatic rings. The third-order valence-electron chi connectivity index (χ3n) is 8.68. The molecule has 0 aliphatic heterocycles. The van der Waals surface area contributed by atoms with Crippen LogP contribution in [0.4, 0.5) is 9.59 Å². The van der Waals surface area contributed by atoms with E-state index in [-0.39, 0.29) is 37.1 Å². The van der Waals surface area contributed by atoms with Gasteiger partial charge in [-0.05, 0) is 68.6 Å². The van der Waals surface area contributed by atoms with Crippen LogP contribution in [0.5, 0.6) is 11.5 Å². The Bertz CT molecular complexity index is 1320. The number of rotatable bonds is 27. The summed E-state index contributed by atoms with van der Waals surface area (Å²) in [5.74, 6) is -1.63. The number of hydrogen-bond donors (Lipinski definition) is 7. The molecule has 0 saturated carbocycles. The molecule has 316 valence electrons. The molecule has 21 heteroatoms. The number of ether oxygens (including phenoxy) is 6. The van der Waals surface area contributed by atoms with Gasteiger partial charge in [0.15, 0.2) is 11.5 Å². The Kier molecular flexibility index (Phi) is 22.4. The van der Waals surface area contributed by atoms with Gasteiger partial charge in [0.2, 0.25) is 25.4 Å². The zero-order valence-corrected chi connectivity index (χ0v) is 32.7. The predicted molar refractivity (Wildman–Crippen MR) is 188 cm³/mol. The number of carbonyl (C=O) groups excluding carboxylic acids is 4. The quantitative estimate of drug-likeness (QED) is 0.0291. The predicted octanol–water partition coefficient (Wildman–Crippen LogP) is 3.16. The van der Waals surface area contributed by atoms with Gasteiger partial charge in [-0.15, -0.1) is 0 Å². The van der Waals surface area contributed by atoms with Gasteiger partial charge in [0.1, 0.15) is 6.10 Å². The third kappa shape index (κ3) is 19.4. The maximum Gasteiger partial charge on any atom is 0.510 e. The maximum absolute atomic E-state index is 13.6. The van der Waals surface area contributed by atoms with Crippen molar-refractivity contribution in [3.63, 3.8) is 0 Å². The van der Waals surface area contributed by atoms with Crippen molar-refractivity contribution in [1.29, 1.82) is 0 Å². The van der Waals surface area contributed by atoms with E-state index in [0.29, 0.717) is 37.6 Å². The summed E-state index contributed by atoms with van der Waals surface area (Å²) in [6.45, 7) is 9.45. The van der Waals surface area contributed by atoms with Crippen molar-refractivity contribution >= 4 is 24.1 Å². The van der Waals surface area contributed by atoms with Crippen LogP contribution in [0.3, 0.4) is 0 Å². The summed E-state index contributed by atoms with van der Waals surface area (Å²) in [5, 5.41) is 39.5. The van der Waals surface area contributed by atoms with Crippen molar-refractivity contribution in [3.8, 4) is 11.5 Å². The summed E-state index contributed by atoms with van der Waals surface area (Å²) in [6, 6.07) is 4.38. The Hall–Kier alpha value is -4.06. The van der Waals surface area contributed by atoms with E-state index in [1.165, 1.54) is 7.11 Å². The first-order valence-corrected chi connectivity index (χ1v) is 17.6. The second-order valence-electron chi connectivity index (χ2n) is 13.9. The van der Waals surface area contributed by atoms with Crippen LogP contribution in [0.15, 0.2) is 18.2 Å². The highest BCUT2D eigenvalue weighted by Gasteiger charge is 2.37. The highest BCUT2D eigenvalue weighted by Crippen LogP contribution is 2.33. The number of nitrogens with zero attached hydrogens (tertiary/aromatic N) is 2. The highest BCUT2D eigenvalue weighted by molar-refractivity contribution is 5.83. The lowest BCUT2D eigenvalue weighted by atomic mass is 9.80. The first kappa shape index (κ1) is 49.0. The summed E-state index contributed by atoms with van der Waals surface area (Å²) < 4.78 is 32.0. The zero-order chi connectivity index (χ0) is 41.7. The average molecular weight is 794 g/mol. The lowest BCUT2D eigenvalue weighted by Gasteiger charge is -2.34. The monoisotopic (exact) mass is 793 g/mol. The molecule has 0 spiro atoms. The summed E-state index contributed by atoms with van der Waals surface area (Å²) in [7, 11) is 3.12. The third-order valence-corrected chi connectivity index (χ3v) is 8.68. The number of amides is 3. The normalized spacial score (nSPS) is 14.0. The molecule has 0 radical (unpaired) electrons. The van der Waals surface area contributed by atoms with Crippen molar-refractivity contribution in [3.05, 3.63) is 23.8 Å². The van der Waals surface area contributed by atoms with Crippen molar-refractivity contribution in [1.82, 2.24) is 21.4 Å². The van der Waals surface area contributed by atoms with Gasteiger partial charge in [-0.1, -0.05) is 33.8 Å². The van der Waals surface area contributed by atoms with Crippen LogP contribution < -0.4 is 25.8 Å². The van der Waals surface area contributed by atoms with Crippen molar-refractivity contribution < 1.29 is 78.1 Å². The number of benzene rings is 1. The van der Waals surface area contributed by atoms with E-state index in [9.17, 15) is 19.2 Å². The molecule has 0 fully saturated rings. The Balaban J connectivity index is 3.61. The van der Waals surface area contributed by atoms with E-state index in [2.05, 4.69) is 20.3 Å². The number of nitrogens with two attached hydrogens (primary N) is 1. The van der Waals surface area contributed by atoms with Crippen molar-refractivity contribution in [2.24, 2.45) is 34.8 Å². The highest BCUT2D eigenvalue weighted by atomic mass is 17.1. The molecular weight excluding hydrogens is 734 g/mol. The molecule has 4 atom stereocenters. The minimum Gasteiger partial charge on any atom is -0.493 e. The van der Waals surface area contributed by atoms with E-state index in [0.717, 1.165) is 5.56 Å². The second-order valence-corrected chi connectivity index (χ2v) is 13.9. The molecule has 1 rings (SSSR count). The second kappa shape index (κ2) is 25.2. The van der Waals surface area contributed by atoms with Crippen LogP contribution >= 0.6 is 0 Å². The molecule has 0 aromatic heterocycles. The fourth-order valence-electron chi connectivity index (χ4n) is 5.22. The summed E-state index contributed by atoms with van der Waals surface area (Å²) >= 11 is 0. The van der Waals surface area contributed by atoms with Gasteiger partial charge < -0.3 is 44.8 Å². The van der Waals surface area contributed by atoms with Crippen molar-refractivity contribution in [2.45, 2.75) is 79.4 Å². The lowest BCUT2D eigenvalue weighted by Crippen LogP contribution is -2.50. The SMILES string of the molecule is COCCCOc1cc(CC(CC(NC(=O)OCON(O)O)C(CC(C(=O)NCC(C)(C)C(N)=O)C(C)C)OC(=O)OCON(O)O)C(C)C)ccc1OC. The van der Waals surface area contributed by atoms with Gasteiger partial charge in [-0.2, -0.15) is 0 Å². The first-order valence-electron chi connectivity index (χ1n) is 17.6. The lowest BCUT2D eigenvalue weighted by molar-refractivity contribution is -0.504. The van der Waals surface area contributed by atoms with Crippen LogP contribution in [0.25, 0.3) is 0 Å². The van der Waals surface area contributed by atoms with Crippen LogP contribution in [0.1, 0.15) is 66.4 Å². The fourth-order valence-corrected chi connectivity index (χ4v) is 5.22. The number of nitrogens with one attached hydrogen (secondary N) is 2. The molecule has 8 N–H and O–H groups in total. The van der Waals surface area contributed by atoms with Gasteiger partial charge in [0.25, 0.3) is 0 Å². The Morgan fingerprint density at radius 3 is 2.05 bits per heavy atom. The molecule has 0 bridgehead atoms. The van der Waals surface area contributed by atoms with Crippen LogP contribution in [0, 0.1) is 29.1 Å². The maximum atomic E-state index is 13.6. The summed E-state index contributed by atoms with van der Waals surface area (Å²) in [4.78, 5) is 60.2. The molecule has 3 amide bonds. The van der Waals surface area contributed by atoms with E-state index in [1.54, 1.807) is 40.9 Å². The number of methoxy groups -OCH3 is 2. The minimum atomic E-state index is -1.35. The minimum absolute atomic E-state index is 0.0459. The first-order chi connectivity index (χ1) is 25.8. The number of hydrogen-bond acceptors (Lipinski definition) is 18. The van der Waals surface area contributed by atoms with Gasteiger partial charge in [-0.3, -0.25) is 30.4 Å². The van der Waals surface area contributed by atoms with Gasteiger partial charge in [-0.25, -0.2) is 19.3 Å². The van der Waals surface area contributed by atoms with Crippen molar-refractivity contribution in [2.75, 3.05) is 47.6 Å². The van der Waals surface area contributed by atoms with Crippen LogP contribution in [-0.2, 0) is 44.6 Å². The van der Waals surface area contributed by atoms with E-state index >= 15 is 0 Å². The molecule has 1 aromatic carbocycles. The van der Waals surface area contributed by atoms with E-state index in [4.69, 9.17) is 55.0 Å². The fraction of sp³-hybridized carbons (Fsp3) is 0.706. The van der Waals surface area contributed by atoms with Gasteiger partial charge in [0.05, 0.1) is 36.0 Å². The molecular formula is C34H59N5O16. The van der Waals surface area contributed by atoms with Gasteiger partial charge >= 0.3 is 12.2 Å². The summed E-state index contributed by atoms with van der Waals surface area (Å²) in [6.07, 6.45) is -2.78. The molecule has 0 heterocycles. The zero-order valence-electron chi connectivity index (χ0n) is 32.7. The largest absolute Gasteiger partial charge is 0.510 e. The molecule has 0 aliphatic rings. The number of carbonyl (C=O) groups is 4. The molecule has 0 saturated heterocycles. The standard InChI is InChI=1S/C34H59N5O16/c1-21(2)24(14-23-10-11-27(49-8)29(15-23)50-13-9-12-48-7)16-26(37-32(42)51-19-53-38(44)45)28(55-33(43)52-20-54-39(46)47)17-25(22(3)4)30(40)36-18-34(5,6)31(35)41/h10-11,15,21-22,24-26,28,44-47H,9,12-14,16-20H2,1-8H3,(H2,35,41)(H,36,40)(H,37,42). The number of alkyl carbamates (subject to hydrolysis) is 1. The molecule has 4 unspecified atom stereocenters. The smallest absolute Gasteiger partial charge is 0.493 e. The Morgan fingerprint density at radius 2 is 1.51 bits per heavy atom. The Morgan fingerprint density at radius 1 is 0.873 bits per heavy atom. The average Bonchev–Trinajstić information content (AvgIpc) is 3.09. The van der Waals surface area contributed by atoms with Crippen LogP contribution in [0.2, 0.25) is 0 Å². The van der Waals surface area contributed by atoms with Gasteiger partial charge in [0, 0.05) is 32.6 Å². The van der Waals surface area contributed by atoms with E-state index in [1.807, 2.05) is 26.0 Å². The molecule has 21 nitrogen and oxygen atoms in total. The van der Waals surface area contributed by atoms with E-state index < -0.39 is 71.9 Å². The topological polar surface area (TPSA) is 280 Å².